The summed E-state index contributed by atoms with van der Waals surface area (Å²) in [4.78, 5) is 16.9. The van der Waals surface area contributed by atoms with E-state index in [1.54, 1.807) is 17.8 Å². The molecule has 1 aliphatic heterocycles. The molecular formula is C21H15NO2S. The van der Waals surface area contributed by atoms with E-state index in [-0.39, 0.29) is 5.97 Å². The summed E-state index contributed by atoms with van der Waals surface area (Å²) in [5.74, 6) is 0.246. The number of para-hydroxylation sites is 1. The number of pyridine rings is 1. The maximum Gasteiger partial charge on any atom is 0.343 e. The van der Waals surface area contributed by atoms with Gasteiger partial charge in [-0.2, -0.15) is 0 Å². The van der Waals surface area contributed by atoms with Crippen LogP contribution in [0.15, 0.2) is 77.3 Å². The van der Waals surface area contributed by atoms with Crippen molar-refractivity contribution in [1.82, 2.24) is 4.98 Å². The standard InChI is InChI=1S/C21H15NO2S/c1-25-20-16(11-15-9-5-6-10-18(15)22-20)12-17-13-19(24-21(17)23)14-7-3-2-4-8-14/h2-13H,1H3/b17-12-. The van der Waals surface area contributed by atoms with E-state index >= 15 is 0 Å². The Morgan fingerprint density at radius 2 is 1.80 bits per heavy atom. The first-order valence-electron chi connectivity index (χ1n) is 7.89. The van der Waals surface area contributed by atoms with Crippen LogP contribution in [0.5, 0.6) is 0 Å². The number of ether oxygens (including phenoxy) is 1. The second-order valence-corrected chi connectivity index (χ2v) is 6.44. The Labute approximate surface area is 150 Å². The van der Waals surface area contributed by atoms with Gasteiger partial charge in [0.05, 0.1) is 11.1 Å². The van der Waals surface area contributed by atoms with E-state index in [1.165, 1.54) is 0 Å². The smallest absolute Gasteiger partial charge is 0.343 e. The molecule has 0 spiro atoms. The van der Waals surface area contributed by atoms with Gasteiger partial charge >= 0.3 is 5.97 Å². The van der Waals surface area contributed by atoms with Crippen molar-refractivity contribution in [3.05, 3.63) is 83.4 Å². The van der Waals surface area contributed by atoms with Gasteiger partial charge in [0.1, 0.15) is 10.8 Å². The number of esters is 1. The van der Waals surface area contributed by atoms with Crippen LogP contribution in [0.1, 0.15) is 11.1 Å². The Kier molecular flexibility index (Phi) is 4.12. The van der Waals surface area contributed by atoms with E-state index in [1.807, 2.05) is 66.9 Å². The van der Waals surface area contributed by atoms with Crippen LogP contribution in [0.3, 0.4) is 0 Å². The molecule has 122 valence electrons. The molecule has 1 aromatic heterocycles. The van der Waals surface area contributed by atoms with Crippen LogP contribution in [0.2, 0.25) is 0 Å². The van der Waals surface area contributed by atoms with Crippen molar-refractivity contribution in [3.63, 3.8) is 0 Å². The topological polar surface area (TPSA) is 39.2 Å². The van der Waals surface area contributed by atoms with E-state index in [4.69, 9.17) is 4.74 Å². The SMILES string of the molecule is CSc1nc2ccccc2cc1/C=C1/C=C(c2ccccc2)OC1=O. The minimum atomic E-state index is -0.334. The fourth-order valence-electron chi connectivity index (χ4n) is 2.78. The lowest BCUT2D eigenvalue weighted by Gasteiger charge is -2.05. The van der Waals surface area contributed by atoms with E-state index in [0.717, 1.165) is 27.1 Å². The minimum Gasteiger partial charge on any atom is -0.422 e. The number of benzene rings is 2. The first kappa shape index (κ1) is 15.7. The third kappa shape index (κ3) is 3.08. The van der Waals surface area contributed by atoms with Gasteiger partial charge in [-0.3, -0.25) is 0 Å². The second-order valence-electron chi connectivity index (χ2n) is 5.64. The van der Waals surface area contributed by atoms with Crippen molar-refractivity contribution in [2.24, 2.45) is 0 Å². The molecule has 0 amide bonds. The average molecular weight is 345 g/mol. The lowest BCUT2D eigenvalue weighted by molar-refractivity contribution is -0.130. The summed E-state index contributed by atoms with van der Waals surface area (Å²) >= 11 is 1.56. The zero-order chi connectivity index (χ0) is 17.2. The Morgan fingerprint density at radius 3 is 2.60 bits per heavy atom. The Balaban J connectivity index is 1.78. The van der Waals surface area contributed by atoms with Gasteiger partial charge in [-0.1, -0.05) is 48.5 Å². The van der Waals surface area contributed by atoms with E-state index < -0.39 is 0 Å². The van der Waals surface area contributed by atoms with Crippen LogP contribution < -0.4 is 0 Å². The molecule has 0 N–H and O–H groups in total. The van der Waals surface area contributed by atoms with Crippen LogP contribution in [0, 0.1) is 0 Å². The molecule has 0 aliphatic carbocycles. The summed E-state index contributed by atoms with van der Waals surface area (Å²) in [7, 11) is 0. The van der Waals surface area contributed by atoms with Gasteiger partial charge < -0.3 is 4.74 Å². The summed E-state index contributed by atoms with van der Waals surface area (Å²) < 4.78 is 5.42. The van der Waals surface area contributed by atoms with Gasteiger partial charge in [0, 0.05) is 16.5 Å². The predicted octanol–water partition coefficient (Wildman–Crippen LogP) is 4.94. The van der Waals surface area contributed by atoms with E-state index in [2.05, 4.69) is 11.1 Å². The maximum absolute atomic E-state index is 12.3. The average Bonchev–Trinajstić information content (AvgIpc) is 3.02. The predicted molar refractivity (Wildman–Crippen MR) is 102 cm³/mol. The van der Waals surface area contributed by atoms with Crippen LogP contribution in [0.25, 0.3) is 22.7 Å². The zero-order valence-corrected chi connectivity index (χ0v) is 14.4. The highest BCUT2D eigenvalue weighted by Crippen LogP contribution is 2.30. The minimum absolute atomic E-state index is 0.334. The van der Waals surface area contributed by atoms with Gasteiger partial charge in [-0.15, -0.1) is 11.8 Å². The number of fused-ring (bicyclic) bond motifs is 1. The van der Waals surface area contributed by atoms with Crippen molar-refractivity contribution in [3.8, 4) is 0 Å². The molecule has 25 heavy (non-hydrogen) atoms. The third-order valence-corrected chi connectivity index (χ3v) is 4.72. The molecular weight excluding hydrogens is 330 g/mol. The van der Waals surface area contributed by atoms with Crippen LogP contribution >= 0.6 is 11.8 Å². The fourth-order valence-corrected chi connectivity index (χ4v) is 3.33. The number of carbonyl (C=O) groups is 1. The number of carbonyl (C=O) groups excluding carboxylic acids is 1. The van der Waals surface area contributed by atoms with Gasteiger partial charge in [-0.05, 0) is 30.5 Å². The lowest BCUT2D eigenvalue weighted by atomic mass is 10.1. The Morgan fingerprint density at radius 1 is 1.04 bits per heavy atom. The molecule has 0 saturated heterocycles. The number of hydrogen-bond acceptors (Lipinski definition) is 4. The molecule has 2 heterocycles. The molecule has 0 bridgehead atoms. The van der Waals surface area contributed by atoms with Crippen LogP contribution in [-0.4, -0.2) is 17.2 Å². The van der Waals surface area contributed by atoms with Crippen molar-refractivity contribution in [2.75, 3.05) is 6.26 Å². The number of rotatable bonds is 3. The normalized spacial score (nSPS) is 15.5. The highest BCUT2D eigenvalue weighted by Gasteiger charge is 2.22. The number of thioether (sulfide) groups is 1. The molecule has 0 atom stereocenters. The number of hydrogen-bond donors (Lipinski definition) is 0. The van der Waals surface area contributed by atoms with Gasteiger partial charge in [0.2, 0.25) is 0 Å². The summed E-state index contributed by atoms with van der Waals surface area (Å²) in [6, 6.07) is 19.6. The molecule has 0 radical (unpaired) electrons. The number of aromatic nitrogens is 1. The fraction of sp³-hybridized carbons (Fsp3) is 0.0476. The second kappa shape index (κ2) is 6.57. The zero-order valence-electron chi connectivity index (χ0n) is 13.6. The molecule has 4 rings (SSSR count). The van der Waals surface area contributed by atoms with Gasteiger partial charge in [-0.25, -0.2) is 9.78 Å². The monoisotopic (exact) mass is 345 g/mol. The first-order valence-corrected chi connectivity index (χ1v) is 9.12. The van der Waals surface area contributed by atoms with Crippen LogP contribution in [-0.2, 0) is 9.53 Å². The van der Waals surface area contributed by atoms with E-state index in [0.29, 0.717) is 11.3 Å². The lowest BCUT2D eigenvalue weighted by Crippen LogP contribution is -1.97. The molecule has 0 saturated carbocycles. The number of cyclic esters (lactones) is 1. The van der Waals surface area contributed by atoms with Crippen molar-refractivity contribution >= 4 is 40.5 Å². The largest absolute Gasteiger partial charge is 0.422 e. The van der Waals surface area contributed by atoms with Crippen molar-refractivity contribution in [1.29, 1.82) is 0 Å². The van der Waals surface area contributed by atoms with Gasteiger partial charge in [0.25, 0.3) is 0 Å². The summed E-state index contributed by atoms with van der Waals surface area (Å²) in [6.07, 6.45) is 5.62. The summed E-state index contributed by atoms with van der Waals surface area (Å²) in [5.41, 5.74) is 3.29. The first-order chi connectivity index (χ1) is 12.2. The van der Waals surface area contributed by atoms with Gasteiger partial charge in [0.15, 0.2) is 0 Å². The van der Waals surface area contributed by atoms with E-state index in [9.17, 15) is 4.79 Å². The van der Waals surface area contributed by atoms with Crippen LogP contribution in [0.4, 0.5) is 0 Å². The Hall–Kier alpha value is -2.85. The third-order valence-electron chi connectivity index (χ3n) is 4.00. The quantitative estimate of drug-likeness (QED) is 0.383. The van der Waals surface area contributed by atoms with Crippen molar-refractivity contribution in [2.45, 2.75) is 5.03 Å². The molecule has 1 aliphatic rings. The maximum atomic E-state index is 12.3. The van der Waals surface area contributed by atoms with Crippen molar-refractivity contribution < 1.29 is 9.53 Å². The molecule has 3 aromatic rings. The molecule has 0 fully saturated rings. The highest BCUT2D eigenvalue weighted by molar-refractivity contribution is 7.98. The number of nitrogens with zero attached hydrogens (tertiary/aromatic N) is 1. The Bertz CT molecular complexity index is 1020. The molecule has 2 aromatic carbocycles. The molecule has 3 nitrogen and oxygen atoms in total. The molecule has 0 unspecified atom stereocenters. The summed E-state index contributed by atoms with van der Waals surface area (Å²) in [5, 5.41) is 1.94. The summed E-state index contributed by atoms with van der Waals surface area (Å²) in [6.45, 7) is 0. The molecule has 4 heteroatoms. The highest BCUT2D eigenvalue weighted by atomic mass is 32.2.